The monoisotopic (exact) mass is 158 g/mol. The van der Waals surface area contributed by atoms with E-state index in [4.69, 9.17) is 0 Å². The average Bonchev–Trinajstić information content (AvgIpc) is 2.31. The molecule has 3 nitrogen and oxygen atoms in total. The molecule has 0 aliphatic rings. The van der Waals surface area contributed by atoms with Crippen LogP contribution in [-0.2, 0) is 6.54 Å². The number of thiol groups is 1. The van der Waals surface area contributed by atoms with E-state index in [1.165, 1.54) is 0 Å². The van der Waals surface area contributed by atoms with E-state index in [0.29, 0.717) is 0 Å². The lowest BCUT2D eigenvalue weighted by atomic mass is 10.5. The fourth-order valence-corrected chi connectivity index (χ4v) is 0.908. The zero-order valence-electron chi connectivity index (χ0n) is 5.58. The fourth-order valence-electron chi connectivity index (χ4n) is 0.766. The van der Waals surface area contributed by atoms with Gasteiger partial charge in [-0.15, -0.1) is 0 Å². The van der Waals surface area contributed by atoms with Gasteiger partial charge < -0.3 is 4.98 Å². The normalized spacial score (nSPS) is 10.1. The van der Waals surface area contributed by atoms with Crippen molar-refractivity contribution in [1.82, 2.24) is 9.55 Å². The van der Waals surface area contributed by atoms with Crippen LogP contribution in [0.1, 0.15) is 6.42 Å². The van der Waals surface area contributed by atoms with Crippen molar-refractivity contribution < 1.29 is 0 Å². The molecule has 0 spiro atoms. The lowest BCUT2D eigenvalue weighted by Crippen LogP contribution is -2.16. The van der Waals surface area contributed by atoms with Gasteiger partial charge in [0, 0.05) is 18.9 Å². The number of imidazole rings is 1. The summed E-state index contributed by atoms with van der Waals surface area (Å²) in [4.78, 5) is 13.4. The maximum atomic E-state index is 10.8. The molecule has 0 aromatic carbocycles. The molecular weight excluding hydrogens is 148 g/mol. The summed E-state index contributed by atoms with van der Waals surface area (Å²) in [6.45, 7) is 0.756. The Kier molecular flexibility index (Phi) is 2.62. The summed E-state index contributed by atoms with van der Waals surface area (Å²) in [6, 6.07) is 0. The van der Waals surface area contributed by atoms with Crippen LogP contribution in [0.3, 0.4) is 0 Å². The zero-order valence-corrected chi connectivity index (χ0v) is 6.47. The standard InChI is InChI=1S/C6H10N2OS/c9-6-7-2-4-8(6)3-1-5-10/h2,4,10H,1,3,5H2,(H,7,9). The topological polar surface area (TPSA) is 37.8 Å². The third-order valence-electron chi connectivity index (χ3n) is 1.28. The van der Waals surface area contributed by atoms with E-state index in [-0.39, 0.29) is 5.69 Å². The molecule has 0 saturated carbocycles. The Hall–Kier alpha value is -0.640. The predicted octanol–water partition coefficient (Wildman–Crippen LogP) is 0.496. The molecule has 1 N–H and O–H groups in total. The van der Waals surface area contributed by atoms with Crippen LogP contribution in [0.15, 0.2) is 17.2 Å². The Morgan fingerprint density at radius 1 is 1.70 bits per heavy atom. The van der Waals surface area contributed by atoms with Crippen LogP contribution in [-0.4, -0.2) is 15.3 Å². The molecular formula is C6H10N2OS. The number of aromatic amines is 1. The smallest absolute Gasteiger partial charge is 0.313 e. The van der Waals surface area contributed by atoms with E-state index in [1.807, 2.05) is 0 Å². The van der Waals surface area contributed by atoms with Crippen molar-refractivity contribution in [2.24, 2.45) is 0 Å². The van der Waals surface area contributed by atoms with Gasteiger partial charge >= 0.3 is 5.69 Å². The summed E-state index contributed by atoms with van der Waals surface area (Å²) >= 11 is 4.04. The number of aromatic nitrogens is 2. The van der Waals surface area contributed by atoms with Gasteiger partial charge in [-0.05, 0) is 12.2 Å². The first-order chi connectivity index (χ1) is 4.84. The summed E-state index contributed by atoms with van der Waals surface area (Å²) in [6.07, 6.45) is 4.31. The Morgan fingerprint density at radius 2 is 2.50 bits per heavy atom. The van der Waals surface area contributed by atoms with Gasteiger partial charge in [0.1, 0.15) is 0 Å². The van der Waals surface area contributed by atoms with Gasteiger partial charge in [-0.2, -0.15) is 12.6 Å². The van der Waals surface area contributed by atoms with E-state index < -0.39 is 0 Å². The lowest BCUT2D eigenvalue weighted by Gasteiger charge is -1.95. The third kappa shape index (κ3) is 1.67. The summed E-state index contributed by atoms with van der Waals surface area (Å²) in [5.74, 6) is 0.817. The molecule has 0 amide bonds. The summed E-state index contributed by atoms with van der Waals surface area (Å²) in [5.41, 5.74) is -0.0400. The second-order valence-corrected chi connectivity index (χ2v) is 2.48. The molecule has 0 aliphatic carbocycles. The van der Waals surface area contributed by atoms with Crippen molar-refractivity contribution in [2.75, 3.05) is 5.75 Å². The van der Waals surface area contributed by atoms with Gasteiger partial charge in [0.15, 0.2) is 0 Å². The molecule has 0 bridgehead atoms. The van der Waals surface area contributed by atoms with E-state index in [0.717, 1.165) is 18.7 Å². The molecule has 0 saturated heterocycles. The fraction of sp³-hybridized carbons (Fsp3) is 0.500. The number of aryl methyl sites for hydroxylation is 1. The number of H-pyrrole nitrogens is 1. The molecule has 56 valence electrons. The number of nitrogens with one attached hydrogen (secondary N) is 1. The molecule has 0 fully saturated rings. The summed E-state index contributed by atoms with van der Waals surface area (Å²) < 4.78 is 1.64. The minimum absolute atomic E-state index is 0.0400. The molecule has 1 rings (SSSR count). The summed E-state index contributed by atoms with van der Waals surface area (Å²) in [7, 11) is 0. The minimum Gasteiger partial charge on any atom is -0.313 e. The second kappa shape index (κ2) is 3.51. The Balaban J connectivity index is 2.57. The molecule has 4 heteroatoms. The quantitative estimate of drug-likeness (QED) is 0.617. The van der Waals surface area contributed by atoms with Crippen LogP contribution < -0.4 is 5.69 Å². The predicted molar refractivity (Wildman–Crippen MR) is 43.5 cm³/mol. The average molecular weight is 158 g/mol. The van der Waals surface area contributed by atoms with Crippen LogP contribution in [0, 0.1) is 0 Å². The highest BCUT2D eigenvalue weighted by Crippen LogP contribution is 1.87. The minimum atomic E-state index is -0.0400. The highest BCUT2D eigenvalue weighted by Gasteiger charge is 1.92. The first-order valence-corrected chi connectivity index (χ1v) is 3.82. The highest BCUT2D eigenvalue weighted by atomic mass is 32.1. The van der Waals surface area contributed by atoms with Gasteiger partial charge in [0.05, 0.1) is 0 Å². The van der Waals surface area contributed by atoms with Gasteiger partial charge in [0.2, 0.25) is 0 Å². The van der Waals surface area contributed by atoms with Gasteiger partial charge in [-0.25, -0.2) is 4.79 Å². The van der Waals surface area contributed by atoms with E-state index in [9.17, 15) is 4.79 Å². The van der Waals surface area contributed by atoms with Crippen molar-refractivity contribution in [2.45, 2.75) is 13.0 Å². The Morgan fingerprint density at radius 3 is 3.00 bits per heavy atom. The van der Waals surface area contributed by atoms with E-state index in [1.54, 1.807) is 17.0 Å². The van der Waals surface area contributed by atoms with E-state index >= 15 is 0 Å². The van der Waals surface area contributed by atoms with Gasteiger partial charge in [0.25, 0.3) is 0 Å². The van der Waals surface area contributed by atoms with Crippen molar-refractivity contribution in [3.8, 4) is 0 Å². The SMILES string of the molecule is O=c1[nH]ccn1CCCS. The molecule has 10 heavy (non-hydrogen) atoms. The number of nitrogens with zero attached hydrogens (tertiary/aromatic N) is 1. The van der Waals surface area contributed by atoms with Crippen LogP contribution in [0.2, 0.25) is 0 Å². The van der Waals surface area contributed by atoms with Crippen molar-refractivity contribution in [1.29, 1.82) is 0 Å². The Labute approximate surface area is 64.5 Å². The van der Waals surface area contributed by atoms with Crippen LogP contribution in [0.4, 0.5) is 0 Å². The van der Waals surface area contributed by atoms with Crippen LogP contribution in [0.25, 0.3) is 0 Å². The summed E-state index contributed by atoms with van der Waals surface area (Å²) in [5, 5.41) is 0. The van der Waals surface area contributed by atoms with Crippen molar-refractivity contribution in [3.63, 3.8) is 0 Å². The van der Waals surface area contributed by atoms with Crippen LogP contribution >= 0.6 is 12.6 Å². The highest BCUT2D eigenvalue weighted by molar-refractivity contribution is 7.80. The number of hydrogen-bond donors (Lipinski definition) is 2. The number of hydrogen-bond acceptors (Lipinski definition) is 2. The third-order valence-corrected chi connectivity index (χ3v) is 1.60. The largest absolute Gasteiger partial charge is 0.325 e. The first-order valence-electron chi connectivity index (χ1n) is 3.19. The molecule has 1 heterocycles. The maximum Gasteiger partial charge on any atom is 0.325 e. The molecule has 1 aromatic rings. The molecule has 0 aliphatic heterocycles. The lowest BCUT2D eigenvalue weighted by molar-refractivity contribution is 0.661. The molecule has 0 atom stereocenters. The van der Waals surface area contributed by atoms with Crippen LogP contribution in [0.5, 0.6) is 0 Å². The Bertz CT molecular complexity index is 240. The van der Waals surface area contributed by atoms with Crippen molar-refractivity contribution >= 4 is 12.6 Å². The molecule has 1 aromatic heterocycles. The number of rotatable bonds is 3. The molecule has 0 radical (unpaired) electrons. The van der Waals surface area contributed by atoms with Crippen molar-refractivity contribution in [3.05, 3.63) is 22.9 Å². The van der Waals surface area contributed by atoms with Gasteiger partial charge in [-0.1, -0.05) is 0 Å². The second-order valence-electron chi connectivity index (χ2n) is 2.04. The maximum absolute atomic E-state index is 10.8. The first kappa shape index (κ1) is 7.47. The van der Waals surface area contributed by atoms with E-state index in [2.05, 4.69) is 17.6 Å². The van der Waals surface area contributed by atoms with Gasteiger partial charge in [-0.3, -0.25) is 4.57 Å². The zero-order chi connectivity index (χ0) is 7.40. The molecule has 0 unspecified atom stereocenters.